The molecule has 142 valence electrons. The predicted octanol–water partition coefficient (Wildman–Crippen LogP) is 2.97. The van der Waals surface area contributed by atoms with E-state index in [1.54, 1.807) is 20.4 Å². The third-order valence-electron chi connectivity index (χ3n) is 4.68. The molecule has 0 unspecified atom stereocenters. The number of guanidine groups is 1. The molecular formula is C18H31IN4O2. The lowest BCUT2D eigenvalue weighted by Gasteiger charge is -2.42. The molecule has 0 bridgehead atoms. The molecule has 1 saturated carbocycles. The number of nitrogens with one attached hydrogen (secondary N) is 2. The summed E-state index contributed by atoms with van der Waals surface area (Å²) >= 11 is 0. The second kappa shape index (κ2) is 11.5. The molecule has 6 nitrogen and oxygen atoms in total. The zero-order valence-electron chi connectivity index (χ0n) is 15.5. The van der Waals surface area contributed by atoms with Crippen LogP contribution in [0.4, 0.5) is 0 Å². The van der Waals surface area contributed by atoms with Gasteiger partial charge < -0.3 is 20.1 Å². The van der Waals surface area contributed by atoms with Crippen LogP contribution in [-0.4, -0.2) is 44.9 Å². The van der Waals surface area contributed by atoms with Gasteiger partial charge in [-0.2, -0.15) is 0 Å². The van der Waals surface area contributed by atoms with Crippen LogP contribution in [0.1, 0.15) is 38.2 Å². The van der Waals surface area contributed by atoms with Crippen molar-refractivity contribution in [2.45, 2.75) is 39.2 Å². The number of aliphatic imine (C=N–C) groups is 1. The van der Waals surface area contributed by atoms with Gasteiger partial charge in [-0.15, -0.1) is 24.0 Å². The van der Waals surface area contributed by atoms with Crippen LogP contribution in [0.3, 0.4) is 0 Å². The molecule has 1 aliphatic carbocycles. The van der Waals surface area contributed by atoms with E-state index in [2.05, 4.69) is 27.5 Å². The van der Waals surface area contributed by atoms with Gasteiger partial charge in [0.05, 0.1) is 13.7 Å². The summed E-state index contributed by atoms with van der Waals surface area (Å²) in [5, 5.41) is 6.82. The van der Waals surface area contributed by atoms with E-state index in [0.29, 0.717) is 17.8 Å². The van der Waals surface area contributed by atoms with Gasteiger partial charge in [-0.05, 0) is 37.7 Å². The van der Waals surface area contributed by atoms with Crippen molar-refractivity contribution in [3.05, 3.63) is 23.9 Å². The number of nitrogens with zero attached hydrogens (tertiary/aromatic N) is 2. The number of ether oxygens (including phenoxy) is 2. The van der Waals surface area contributed by atoms with Crippen LogP contribution >= 0.6 is 24.0 Å². The van der Waals surface area contributed by atoms with Gasteiger partial charge >= 0.3 is 0 Å². The molecule has 1 aromatic heterocycles. The summed E-state index contributed by atoms with van der Waals surface area (Å²) in [4.78, 5) is 8.89. The zero-order chi connectivity index (χ0) is 17.3. The standard InChI is InChI=1S/C18H30N4O2.HI/c1-4-19-17(21-13-15-7-5-11-20-16(15)24-3)22-14-18(8-6-9-18)10-12-23-2;/h5,7,11H,4,6,8-10,12-14H2,1-3H3,(H2,19,21,22);1H. The number of pyridine rings is 1. The van der Waals surface area contributed by atoms with Crippen molar-refractivity contribution in [2.75, 3.05) is 33.9 Å². The predicted molar refractivity (Wildman–Crippen MR) is 112 cm³/mol. The summed E-state index contributed by atoms with van der Waals surface area (Å²) in [5.74, 6) is 1.47. The third-order valence-corrected chi connectivity index (χ3v) is 4.68. The number of hydrogen-bond donors (Lipinski definition) is 2. The maximum absolute atomic E-state index is 5.29. The Kier molecular flexibility index (Phi) is 10.1. The Morgan fingerprint density at radius 2 is 2.12 bits per heavy atom. The molecule has 1 aliphatic rings. The highest BCUT2D eigenvalue weighted by Gasteiger charge is 2.36. The first-order chi connectivity index (χ1) is 11.7. The van der Waals surface area contributed by atoms with Gasteiger partial charge in [0, 0.05) is 38.6 Å². The zero-order valence-corrected chi connectivity index (χ0v) is 17.8. The van der Waals surface area contributed by atoms with Crippen molar-refractivity contribution in [3.63, 3.8) is 0 Å². The Bertz CT molecular complexity index is 536. The Morgan fingerprint density at radius 3 is 2.72 bits per heavy atom. The summed E-state index contributed by atoms with van der Waals surface area (Å²) < 4.78 is 10.6. The fourth-order valence-electron chi connectivity index (χ4n) is 3.02. The Balaban J connectivity index is 0.00000312. The maximum Gasteiger partial charge on any atom is 0.218 e. The van der Waals surface area contributed by atoms with Crippen LogP contribution < -0.4 is 15.4 Å². The minimum Gasteiger partial charge on any atom is -0.481 e. The number of halogens is 1. The fraction of sp³-hybridized carbons (Fsp3) is 0.667. The summed E-state index contributed by atoms with van der Waals surface area (Å²) in [6.07, 6.45) is 6.67. The molecule has 0 aromatic carbocycles. The van der Waals surface area contributed by atoms with E-state index in [4.69, 9.17) is 9.47 Å². The molecule has 1 aromatic rings. The van der Waals surface area contributed by atoms with Gasteiger partial charge in [-0.1, -0.05) is 12.5 Å². The molecule has 0 saturated heterocycles. The quantitative estimate of drug-likeness (QED) is 0.336. The number of hydrogen-bond acceptors (Lipinski definition) is 4. The van der Waals surface area contributed by atoms with Gasteiger partial charge in [0.1, 0.15) is 0 Å². The van der Waals surface area contributed by atoms with Crippen LogP contribution in [0.15, 0.2) is 23.3 Å². The molecule has 2 N–H and O–H groups in total. The molecule has 7 heteroatoms. The molecule has 0 aliphatic heterocycles. The topological polar surface area (TPSA) is 67.8 Å². The molecule has 0 amide bonds. The molecule has 0 spiro atoms. The monoisotopic (exact) mass is 462 g/mol. The summed E-state index contributed by atoms with van der Waals surface area (Å²) in [7, 11) is 3.40. The highest BCUT2D eigenvalue weighted by atomic mass is 127. The molecule has 0 atom stereocenters. The van der Waals surface area contributed by atoms with Gasteiger partial charge in [-0.25, -0.2) is 9.98 Å². The van der Waals surface area contributed by atoms with E-state index in [9.17, 15) is 0 Å². The van der Waals surface area contributed by atoms with Crippen LogP contribution in [0, 0.1) is 5.41 Å². The van der Waals surface area contributed by atoms with E-state index in [1.165, 1.54) is 19.3 Å². The van der Waals surface area contributed by atoms with E-state index >= 15 is 0 Å². The summed E-state index contributed by atoms with van der Waals surface area (Å²) in [6, 6.07) is 3.90. The first-order valence-corrected chi connectivity index (χ1v) is 8.72. The largest absolute Gasteiger partial charge is 0.481 e. The normalized spacial score (nSPS) is 15.7. The van der Waals surface area contributed by atoms with E-state index in [-0.39, 0.29) is 24.0 Å². The minimum atomic E-state index is 0. The van der Waals surface area contributed by atoms with E-state index in [1.807, 2.05) is 12.1 Å². The Hall–Kier alpha value is -1.09. The Morgan fingerprint density at radius 1 is 1.32 bits per heavy atom. The molecule has 25 heavy (non-hydrogen) atoms. The van der Waals surface area contributed by atoms with Crippen LogP contribution in [0.25, 0.3) is 0 Å². The lowest BCUT2D eigenvalue weighted by molar-refractivity contribution is 0.0732. The lowest BCUT2D eigenvalue weighted by atomic mass is 9.67. The van der Waals surface area contributed by atoms with Crippen molar-refractivity contribution in [3.8, 4) is 5.88 Å². The summed E-state index contributed by atoms with van der Waals surface area (Å²) in [6.45, 7) is 5.21. The van der Waals surface area contributed by atoms with Crippen molar-refractivity contribution in [1.82, 2.24) is 15.6 Å². The van der Waals surface area contributed by atoms with Crippen molar-refractivity contribution in [1.29, 1.82) is 0 Å². The van der Waals surface area contributed by atoms with Gasteiger partial charge in [-0.3, -0.25) is 0 Å². The third kappa shape index (κ3) is 6.62. The van der Waals surface area contributed by atoms with E-state index in [0.717, 1.165) is 37.6 Å². The first-order valence-electron chi connectivity index (χ1n) is 8.72. The second-order valence-electron chi connectivity index (χ2n) is 6.32. The molecule has 2 rings (SSSR count). The van der Waals surface area contributed by atoms with Gasteiger partial charge in [0.15, 0.2) is 5.96 Å². The average molecular weight is 462 g/mol. The molecule has 0 radical (unpaired) electrons. The van der Waals surface area contributed by atoms with Gasteiger partial charge in [0.25, 0.3) is 0 Å². The second-order valence-corrected chi connectivity index (χ2v) is 6.32. The molecular weight excluding hydrogens is 431 g/mol. The average Bonchev–Trinajstić information content (AvgIpc) is 2.58. The molecule has 1 heterocycles. The smallest absolute Gasteiger partial charge is 0.218 e. The van der Waals surface area contributed by atoms with Crippen LogP contribution in [0.2, 0.25) is 0 Å². The minimum absolute atomic E-state index is 0. The number of rotatable bonds is 9. The van der Waals surface area contributed by atoms with Crippen molar-refractivity contribution >= 4 is 29.9 Å². The van der Waals surface area contributed by atoms with Crippen molar-refractivity contribution < 1.29 is 9.47 Å². The lowest BCUT2D eigenvalue weighted by Crippen LogP contribution is -2.46. The van der Waals surface area contributed by atoms with Crippen molar-refractivity contribution in [2.24, 2.45) is 10.4 Å². The van der Waals surface area contributed by atoms with Gasteiger partial charge in [0.2, 0.25) is 5.88 Å². The van der Waals surface area contributed by atoms with Crippen LogP contribution in [0.5, 0.6) is 5.88 Å². The number of methoxy groups -OCH3 is 2. The summed E-state index contributed by atoms with van der Waals surface area (Å²) in [5.41, 5.74) is 1.34. The first kappa shape index (κ1) is 22.0. The highest BCUT2D eigenvalue weighted by molar-refractivity contribution is 14.0. The fourth-order valence-corrected chi connectivity index (χ4v) is 3.02. The SMILES string of the molecule is CCNC(=NCc1cccnc1OC)NCC1(CCOC)CCC1.I. The molecule has 1 fully saturated rings. The Labute approximate surface area is 168 Å². The van der Waals surface area contributed by atoms with E-state index < -0.39 is 0 Å². The highest BCUT2D eigenvalue weighted by Crippen LogP contribution is 2.43. The van der Waals surface area contributed by atoms with Crippen LogP contribution in [-0.2, 0) is 11.3 Å². The maximum atomic E-state index is 5.29. The number of aromatic nitrogens is 1.